The zero-order valence-corrected chi connectivity index (χ0v) is 16.6. The zero-order valence-electron chi connectivity index (χ0n) is 16.6. The van der Waals surface area contributed by atoms with Gasteiger partial charge in [-0.15, -0.1) is 0 Å². The summed E-state index contributed by atoms with van der Waals surface area (Å²) in [6.07, 6.45) is 2.65. The monoisotopic (exact) mass is 389 g/mol. The highest BCUT2D eigenvalue weighted by molar-refractivity contribution is 5.86. The van der Waals surface area contributed by atoms with Gasteiger partial charge in [0.05, 0.1) is 5.52 Å². The number of aliphatic hydroxyl groups is 1. The fourth-order valence-corrected chi connectivity index (χ4v) is 4.27. The van der Waals surface area contributed by atoms with Crippen molar-refractivity contribution in [2.45, 2.75) is 12.0 Å². The van der Waals surface area contributed by atoms with Gasteiger partial charge in [0.15, 0.2) is 0 Å². The van der Waals surface area contributed by atoms with Gasteiger partial charge < -0.3 is 9.67 Å². The van der Waals surface area contributed by atoms with Crippen LogP contribution >= 0.6 is 0 Å². The fourth-order valence-electron chi connectivity index (χ4n) is 4.27. The van der Waals surface area contributed by atoms with Crippen molar-refractivity contribution in [3.05, 3.63) is 138 Å². The van der Waals surface area contributed by atoms with Crippen LogP contribution in [0.15, 0.2) is 121 Å². The summed E-state index contributed by atoms with van der Waals surface area (Å²) in [6.45, 7) is 0. The van der Waals surface area contributed by atoms with E-state index in [1.54, 1.807) is 0 Å². The van der Waals surface area contributed by atoms with Crippen molar-refractivity contribution >= 4 is 10.9 Å². The molecule has 4 aromatic carbocycles. The van der Waals surface area contributed by atoms with Gasteiger partial charge in [-0.3, -0.25) is 0 Å². The lowest BCUT2D eigenvalue weighted by atomic mass is 9.81. The zero-order chi connectivity index (χ0) is 20.4. The molecule has 0 atom stereocenters. The first-order chi connectivity index (χ1) is 14.8. The van der Waals surface area contributed by atoms with Gasteiger partial charge in [0, 0.05) is 23.7 Å². The van der Waals surface area contributed by atoms with Gasteiger partial charge in [0.1, 0.15) is 5.60 Å². The first-order valence-corrected chi connectivity index (χ1v) is 10.2. The molecule has 2 heteroatoms. The molecule has 0 radical (unpaired) electrons. The summed E-state index contributed by atoms with van der Waals surface area (Å²) in [4.78, 5) is 0. The Kier molecular flexibility index (Phi) is 4.70. The summed E-state index contributed by atoms with van der Waals surface area (Å²) >= 11 is 0. The number of rotatable bonds is 5. The first-order valence-electron chi connectivity index (χ1n) is 10.2. The third kappa shape index (κ3) is 3.22. The number of para-hydroxylation sites is 2. The Bertz CT molecular complexity index is 1220. The molecule has 5 rings (SSSR count). The average Bonchev–Trinajstić information content (AvgIpc) is 3.19. The Morgan fingerprint density at radius 2 is 1.10 bits per heavy atom. The van der Waals surface area contributed by atoms with Crippen LogP contribution in [0.4, 0.5) is 0 Å². The Morgan fingerprint density at radius 3 is 1.70 bits per heavy atom. The van der Waals surface area contributed by atoms with Crippen LogP contribution in [-0.4, -0.2) is 9.67 Å². The summed E-state index contributed by atoms with van der Waals surface area (Å²) in [5.41, 5.74) is 4.05. The van der Waals surface area contributed by atoms with Gasteiger partial charge >= 0.3 is 0 Å². The summed E-state index contributed by atoms with van der Waals surface area (Å²) in [7, 11) is 0. The molecule has 0 aliphatic carbocycles. The molecule has 0 saturated heterocycles. The standard InChI is InChI=1S/C28H23NO/c30-28(23-12-4-1-5-13-23,24-14-6-2-7-15-24)20-22-21-29(25-16-8-3-9-17-25)27-19-11-10-18-26(22)27/h1-19,21,30H,20H2. The van der Waals surface area contributed by atoms with Crippen LogP contribution in [0.25, 0.3) is 16.6 Å². The highest BCUT2D eigenvalue weighted by Crippen LogP contribution is 2.36. The van der Waals surface area contributed by atoms with E-state index in [4.69, 9.17) is 0 Å². The molecular formula is C28H23NO. The van der Waals surface area contributed by atoms with E-state index >= 15 is 0 Å². The quantitative estimate of drug-likeness (QED) is 0.385. The Labute approximate surface area is 176 Å². The van der Waals surface area contributed by atoms with Crippen LogP contribution in [-0.2, 0) is 12.0 Å². The smallest absolute Gasteiger partial charge is 0.119 e. The van der Waals surface area contributed by atoms with E-state index in [9.17, 15) is 5.11 Å². The van der Waals surface area contributed by atoms with Gasteiger partial charge in [0.2, 0.25) is 0 Å². The topological polar surface area (TPSA) is 25.2 Å². The van der Waals surface area contributed by atoms with Crippen LogP contribution in [0.2, 0.25) is 0 Å². The maximum atomic E-state index is 12.0. The number of hydrogen-bond donors (Lipinski definition) is 1. The Morgan fingerprint density at radius 1 is 0.600 bits per heavy atom. The van der Waals surface area contributed by atoms with Crippen LogP contribution in [0.5, 0.6) is 0 Å². The highest BCUT2D eigenvalue weighted by Gasteiger charge is 2.32. The van der Waals surface area contributed by atoms with Crippen molar-refractivity contribution in [2.75, 3.05) is 0 Å². The molecular weight excluding hydrogens is 366 g/mol. The highest BCUT2D eigenvalue weighted by atomic mass is 16.3. The lowest BCUT2D eigenvalue weighted by Gasteiger charge is -2.29. The third-order valence-corrected chi connectivity index (χ3v) is 5.78. The maximum Gasteiger partial charge on any atom is 0.119 e. The van der Waals surface area contributed by atoms with E-state index in [2.05, 4.69) is 47.2 Å². The largest absolute Gasteiger partial charge is 0.380 e. The Balaban J connectivity index is 1.68. The van der Waals surface area contributed by atoms with Crippen molar-refractivity contribution in [1.82, 2.24) is 4.57 Å². The van der Waals surface area contributed by atoms with E-state index in [-0.39, 0.29) is 0 Å². The lowest BCUT2D eigenvalue weighted by molar-refractivity contribution is 0.0814. The molecule has 0 aliphatic heterocycles. The molecule has 0 saturated carbocycles. The van der Waals surface area contributed by atoms with E-state index in [0.29, 0.717) is 6.42 Å². The number of nitrogens with zero attached hydrogens (tertiary/aromatic N) is 1. The number of hydrogen-bond acceptors (Lipinski definition) is 1. The van der Waals surface area contributed by atoms with Crippen LogP contribution in [0, 0.1) is 0 Å². The summed E-state index contributed by atoms with van der Waals surface area (Å²) in [5, 5.41) is 13.2. The predicted octanol–water partition coefficient (Wildman–Crippen LogP) is 6.11. The molecule has 1 heterocycles. The number of fused-ring (bicyclic) bond motifs is 1. The van der Waals surface area contributed by atoms with Crippen molar-refractivity contribution < 1.29 is 5.11 Å². The second-order valence-corrected chi connectivity index (χ2v) is 7.65. The van der Waals surface area contributed by atoms with E-state index in [1.807, 2.05) is 78.9 Å². The summed E-state index contributed by atoms with van der Waals surface area (Å²) < 4.78 is 2.21. The summed E-state index contributed by atoms with van der Waals surface area (Å²) in [5.74, 6) is 0. The average molecular weight is 389 g/mol. The van der Waals surface area contributed by atoms with Crippen LogP contribution in [0.3, 0.4) is 0 Å². The number of aromatic nitrogens is 1. The minimum Gasteiger partial charge on any atom is -0.380 e. The van der Waals surface area contributed by atoms with E-state index < -0.39 is 5.60 Å². The van der Waals surface area contributed by atoms with Gasteiger partial charge in [-0.1, -0.05) is 97.1 Å². The molecule has 0 unspecified atom stereocenters. The van der Waals surface area contributed by atoms with E-state index in [1.165, 1.54) is 0 Å². The van der Waals surface area contributed by atoms with Gasteiger partial charge in [-0.2, -0.15) is 0 Å². The van der Waals surface area contributed by atoms with Gasteiger partial charge in [0.25, 0.3) is 0 Å². The molecule has 0 fully saturated rings. The molecule has 30 heavy (non-hydrogen) atoms. The van der Waals surface area contributed by atoms with E-state index in [0.717, 1.165) is 33.3 Å². The molecule has 146 valence electrons. The second-order valence-electron chi connectivity index (χ2n) is 7.65. The molecule has 2 nitrogen and oxygen atoms in total. The van der Waals surface area contributed by atoms with Gasteiger partial charge in [-0.05, 0) is 34.9 Å². The third-order valence-electron chi connectivity index (χ3n) is 5.78. The van der Waals surface area contributed by atoms with Crippen molar-refractivity contribution in [3.8, 4) is 5.69 Å². The minimum atomic E-state index is -1.12. The normalized spacial score (nSPS) is 11.6. The SMILES string of the molecule is OC(Cc1cn(-c2ccccc2)c2ccccc12)(c1ccccc1)c1ccccc1. The predicted molar refractivity (Wildman–Crippen MR) is 123 cm³/mol. The van der Waals surface area contributed by atoms with Crippen molar-refractivity contribution in [3.63, 3.8) is 0 Å². The van der Waals surface area contributed by atoms with Crippen molar-refractivity contribution in [1.29, 1.82) is 0 Å². The fraction of sp³-hybridized carbons (Fsp3) is 0.0714. The second kappa shape index (κ2) is 7.66. The molecule has 0 spiro atoms. The Hall–Kier alpha value is -3.62. The first kappa shape index (κ1) is 18.4. The molecule has 5 aromatic rings. The molecule has 1 N–H and O–H groups in total. The van der Waals surface area contributed by atoms with Crippen LogP contribution < -0.4 is 0 Å². The molecule has 0 bridgehead atoms. The summed E-state index contributed by atoms with van der Waals surface area (Å²) in [6, 6.07) is 38.6. The maximum absolute atomic E-state index is 12.0. The number of benzene rings is 4. The van der Waals surface area contributed by atoms with Gasteiger partial charge in [-0.25, -0.2) is 0 Å². The molecule has 1 aromatic heterocycles. The van der Waals surface area contributed by atoms with Crippen molar-refractivity contribution in [2.24, 2.45) is 0 Å². The molecule has 0 amide bonds. The molecule has 0 aliphatic rings. The van der Waals surface area contributed by atoms with Crippen LogP contribution in [0.1, 0.15) is 16.7 Å². The minimum absolute atomic E-state index is 0.487. The lowest BCUT2D eigenvalue weighted by Crippen LogP contribution is -2.30.